The molecule has 1 unspecified atom stereocenters. The Labute approximate surface area is 147 Å². The number of hydrogen-bond donors (Lipinski definition) is 2. The monoisotopic (exact) mass is 370 g/mol. The quantitative estimate of drug-likeness (QED) is 0.436. The van der Waals surface area contributed by atoms with Gasteiger partial charge in [-0.15, -0.1) is 0 Å². The van der Waals surface area contributed by atoms with Crippen molar-refractivity contribution in [1.29, 1.82) is 0 Å². The van der Waals surface area contributed by atoms with Crippen LogP contribution in [0.3, 0.4) is 0 Å². The van der Waals surface area contributed by atoms with Crippen molar-refractivity contribution in [2.45, 2.75) is 24.5 Å². The fourth-order valence-corrected chi connectivity index (χ4v) is 3.19. The Kier molecular flexibility index (Phi) is 5.18. The minimum atomic E-state index is -1.18. The number of aromatic nitrogens is 4. The topological polar surface area (TPSA) is 109 Å². The van der Waals surface area contributed by atoms with E-state index in [2.05, 4.69) is 19.9 Å². The molecule has 0 amide bonds. The zero-order valence-electron chi connectivity index (χ0n) is 13.9. The van der Waals surface area contributed by atoms with Crippen LogP contribution in [0.1, 0.15) is 6.23 Å². The number of halogens is 1. The van der Waals surface area contributed by atoms with E-state index in [-0.39, 0.29) is 17.0 Å². The highest BCUT2D eigenvalue weighted by molar-refractivity contribution is 7.98. The maximum absolute atomic E-state index is 13.8. The Morgan fingerprint density at radius 1 is 1.40 bits per heavy atom. The Morgan fingerprint density at radius 3 is 2.84 bits per heavy atom. The van der Waals surface area contributed by atoms with Gasteiger partial charge < -0.3 is 19.8 Å². The lowest BCUT2D eigenvalue weighted by Gasteiger charge is -2.16. The van der Waals surface area contributed by atoms with E-state index >= 15 is 0 Å². The second kappa shape index (κ2) is 7.20. The normalized spacial score (nSPS) is 26.8. The van der Waals surface area contributed by atoms with Crippen LogP contribution in [-0.4, -0.2) is 85.4 Å². The molecule has 0 saturated carbocycles. The van der Waals surface area contributed by atoms with E-state index in [0.717, 1.165) is 0 Å². The third kappa shape index (κ3) is 3.45. The summed E-state index contributed by atoms with van der Waals surface area (Å²) in [7, 11) is 3.54. The standard InChI is InChI=1S/C14H19FN6O3S/c1-20(2)5-17-11-8-12(19-14(15)18-11)21(6-16-8)13-10(23)9(22)7(24-13)4-25-3/h5-7,9-10,13,22-23H,4H2,1-3H3/t7-,9-,10-,13?/m1/s1. The lowest BCUT2D eigenvalue weighted by atomic mass is 10.1. The number of thioether (sulfide) groups is 1. The number of rotatable bonds is 5. The SMILES string of the molecule is CSC[C@H]1OC(n2cnc3c(N=CN(C)C)nc(F)nc32)[C@H](O)[C@@H]1O. The molecule has 2 aromatic heterocycles. The number of ether oxygens (including phenoxy) is 1. The van der Waals surface area contributed by atoms with Gasteiger partial charge in [-0.2, -0.15) is 26.1 Å². The number of imidazole rings is 1. The first-order valence-corrected chi connectivity index (χ1v) is 8.93. The molecule has 9 nitrogen and oxygen atoms in total. The number of aliphatic hydroxyl groups excluding tert-OH is 2. The summed E-state index contributed by atoms with van der Waals surface area (Å²) in [5.41, 5.74) is 0.414. The number of aliphatic hydroxyl groups is 2. The molecule has 25 heavy (non-hydrogen) atoms. The number of aliphatic imine (C=N–C) groups is 1. The summed E-state index contributed by atoms with van der Waals surface area (Å²) in [6.07, 6.45) is 0.0695. The minimum Gasteiger partial charge on any atom is -0.387 e. The van der Waals surface area contributed by atoms with E-state index < -0.39 is 30.6 Å². The zero-order chi connectivity index (χ0) is 18.1. The van der Waals surface area contributed by atoms with Crippen LogP contribution >= 0.6 is 11.8 Å². The van der Waals surface area contributed by atoms with Crippen molar-refractivity contribution in [3.8, 4) is 0 Å². The van der Waals surface area contributed by atoms with Crippen molar-refractivity contribution in [1.82, 2.24) is 24.4 Å². The van der Waals surface area contributed by atoms with Gasteiger partial charge in [-0.3, -0.25) is 4.57 Å². The van der Waals surface area contributed by atoms with Crippen LogP contribution in [0.15, 0.2) is 11.3 Å². The fraction of sp³-hybridized carbons (Fsp3) is 0.571. The third-order valence-electron chi connectivity index (χ3n) is 3.73. The van der Waals surface area contributed by atoms with Crippen molar-refractivity contribution in [2.75, 3.05) is 26.1 Å². The molecule has 0 spiro atoms. The lowest BCUT2D eigenvalue weighted by Crippen LogP contribution is -2.32. The van der Waals surface area contributed by atoms with Crippen LogP contribution < -0.4 is 0 Å². The fourth-order valence-electron chi connectivity index (χ4n) is 2.58. The smallest absolute Gasteiger partial charge is 0.312 e. The summed E-state index contributed by atoms with van der Waals surface area (Å²) in [5.74, 6) is 0.590. The van der Waals surface area contributed by atoms with Crippen molar-refractivity contribution < 1.29 is 19.3 Å². The molecule has 1 aliphatic heterocycles. The van der Waals surface area contributed by atoms with Gasteiger partial charge in [0.25, 0.3) is 0 Å². The molecule has 0 aliphatic carbocycles. The Bertz CT molecular complexity index is 785. The molecule has 136 valence electrons. The van der Waals surface area contributed by atoms with Crippen molar-refractivity contribution in [2.24, 2.45) is 4.99 Å². The van der Waals surface area contributed by atoms with Crippen molar-refractivity contribution in [3.05, 3.63) is 12.4 Å². The molecule has 0 bridgehead atoms. The lowest BCUT2D eigenvalue weighted by molar-refractivity contribution is -0.0289. The highest BCUT2D eigenvalue weighted by Crippen LogP contribution is 2.33. The van der Waals surface area contributed by atoms with E-state index in [0.29, 0.717) is 5.75 Å². The molecule has 1 saturated heterocycles. The Morgan fingerprint density at radius 2 is 2.16 bits per heavy atom. The second-order valence-corrected chi connectivity index (χ2v) is 6.76. The maximum Gasteiger partial charge on any atom is 0.312 e. The first kappa shape index (κ1) is 18.0. The second-order valence-electron chi connectivity index (χ2n) is 5.85. The van der Waals surface area contributed by atoms with Crippen LogP contribution in [-0.2, 0) is 4.74 Å². The molecule has 0 aromatic carbocycles. The predicted molar refractivity (Wildman–Crippen MR) is 91.4 cm³/mol. The molecule has 11 heteroatoms. The van der Waals surface area contributed by atoms with Gasteiger partial charge in [0.15, 0.2) is 23.2 Å². The molecule has 1 aliphatic rings. The summed E-state index contributed by atoms with van der Waals surface area (Å²) < 4.78 is 21.0. The van der Waals surface area contributed by atoms with E-state index in [9.17, 15) is 14.6 Å². The molecule has 3 heterocycles. The van der Waals surface area contributed by atoms with Gasteiger partial charge in [-0.1, -0.05) is 0 Å². The van der Waals surface area contributed by atoms with Gasteiger partial charge >= 0.3 is 6.08 Å². The van der Waals surface area contributed by atoms with E-state index in [1.165, 1.54) is 29.0 Å². The van der Waals surface area contributed by atoms with E-state index in [1.54, 1.807) is 19.0 Å². The first-order chi connectivity index (χ1) is 11.9. The van der Waals surface area contributed by atoms with Crippen LogP contribution in [0.25, 0.3) is 11.2 Å². The third-order valence-corrected chi connectivity index (χ3v) is 4.39. The average molecular weight is 370 g/mol. The van der Waals surface area contributed by atoms with Gasteiger partial charge in [0.2, 0.25) is 0 Å². The van der Waals surface area contributed by atoms with Crippen molar-refractivity contribution in [3.63, 3.8) is 0 Å². The molecular formula is C14H19FN6O3S. The van der Waals surface area contributed by atoms with Gasteiger partial charge in [-0.25, -0.2) is 9.98 Å². The van der Waals surface area contributed by atoms with Crippen molar-refractivity contribution >= 4 is 35.1 Å². The van der Waals surface area contributed by atoms with Crippen LogP contribution in [0.2, 0.25) is 0 Å². The largest absolute Gasteiger partial charge is 0.387 e. The molecule has 2 aromatic rings. The maximum atomic E-state index is 13.8. The van der Waals surface area contributed by atoms with Crippen LogP contribution in [0.5, 0.6) is 0 Å². The van der Waals surface area contributed by atoms with Gasteiger partial charge in [-0.05, 0) is 6.26 Å². The van der Waals surface area contributed by atoms with Gasteiger partial charge in [0, 0.05) is 19.8 Å². The molecule has 1 fully saturated rings. The highest BCUT2D eigenvalue weighted by atomic mass is 32.2. The predicted octanol–water partition coefficient (Wildman–Crippen LogP) is 0.169. The van der Waals surface area contributed by atoms with Gasteiger partial charge in [0.1, 0.15) is 12.2 Å². The average Bonchev–Trinajstić information content (AvgIpc) is 3.09. The van der Waals surface area contributed by atoms with Gasteiger partial charge in [0.05, 0.1) is 18.8 Å². The first-order valence-electron chi connectivity index (χ1n) is 7.53. The number of fused-ring (bicyclic) bond motifs is 1. The number of hydrogen-bond acceptors (Lipinski definition) is 8. The molecule has 2 N–H and O–H groups in total. The van der Waals surface area contributed by atoms with E-state index in [4.69, 9.17) is 4.74 Å². The number of nitrogens with zero attached hydrogens (tertiary/aromatic N) is 6. The molecule has 4 atom stereocenters. The highest BCUT2D eigenvalue weighted by Gasteiger charge is 2.44. The molecule has 3 rings (SSSR count). The Balaban J connectivity index is 2.01. The zero-order valence-corrected chi connectivity index (χ0v) is 14.8. The summed E-state index contributed by atoms with van der Waals surface area (Å²) in [4.78, 5) is 17.4. The minimum absolute atomic E-state index is 0.0728. The summed E-state index contributed by atoms with van der Waals surface area (Å²) in [5, 5.41) is 20.4. The van der Waals surface area contributed by atoms with Crippen LogP contribution in [0, 0.1) is 6.08 Å². The molecular weight excluding hydrogens is 351 g/mol. The van der Waals surface area contributed by atoms with Crippen LogP contribution in [0.4, 0.5) is 10.2 Å². The summed E-state index contributed by atoms with van der Waals surface area (Å²) >= 11 is 1.49. The molecule has 0 radical (unpaired) electrons. The summed E-state index contributed by atoms with van der Waals surface area (Å²) in [6, 6.07) is 0. The summed E-state index contributed by atoms with van der Waals surface area (Å²) in [6.45, 7) is 0. The Hall–Kier alpha value is -1.82. The van der Waals surface area contributed by atoms with E-state index in [1.807, 2.05) is 6.26 Å².